The maximum Gasteiger partial charge on any atom is 0.201 e. The summed E-state index contributed by atoms with van der Waals surface area (Å²) in [5.41, 5.74) is 1.31. The van der Waals surface area contributed by atoms with Gasteiger partial charge < -0.3 is 4.90 Å². The Labute approximate surface area is 120 Å². The number of rotatable bonds is 3. The molecule has 0 unspecified atom stereocenters. The van der Waals surface area contributed by atoms with E-state index in [-0.39, 0.29) is 11.6 Å². The second-order valence-electron chi connectivity index (χ2n) is 4.54. The molecule has 1 aromatic carbocycles. The molecule has 0 atom stereocenters. The molecule has 1 aromatic rings. The monoisotopic (exact) mass is 284 g/mol. The number of thioether (sulfide) groups is 1. The van der Waals surface area contributed by atoms with E-state index in [1.165, 1.54) is 18.7 Å². The molecule has 0 aromatic heterocycles. The van der Waals surface area contributed by atoms with E-state index in [1.54, 1.807) is 24.5 Å². The zero-order chi connectivity index (χ0) is 14.1. The van der Waals surface area contributed by atoms with Crippen molar-refractivity contribution in [3.63, 3.8) is 0 Å². The quantitative estimate of drug-likeness (QED) is 0.801. The Hall–Kier alpha value is -2.14. The molecule has 0 bridgehead atoms. The molecule has 100 valence electrons. The van der Waals surface area contributed by atoms with Gasteiger partial charge >= 0.3 is 0 Å². The molecule has 2 heterocycles. The molecule has 5 heteroatoms. The smallest absolute Gasteiger partial charge is 0.201 e. The van der Waals surface area contributed by atoms with Gasteiger partial charge in [-0.25, -0.2) is 4.99 Å². The molecule has 0 aliphatic carbocycles. The number of Topliss-reactive ketones (excluding diaryl/α,β-unsaturated/α-hetero) is 2. The topological polar surface area (TPSA) is 49.7 Å². The van der Waals surface area contributed by atoms with Gasteiger partial charge in [0.15, 0.2) is 11.0 Å². The molecule has 0 spiro atoms. The molecular formula is C15H12N2O2S. The van der Waals surface area contributed by atoms with Crippen molar-refractivity contribution in [3.05, 3.63) is 58.8 Å². The highest BCUT2D eigenvalue weighted by molar-refractivity contribution is 8.18. The molecule has 2 aliphatic heterocycles. The van der Waals surface area contributed by atoms with Gasteiger partial charge in [0.2, 0.25) is 5.78 Å². The van der Waals surface area contributed by atoms with E-state index in [1.807, 2.05) is 23.1 Å². The third kappa shape index (κ3) is 2.32. The summed E-state index contributed by atoms with van der Waals surface area (Å²) in [5.74, 6) is -0.00823. The summed E-state index contributed by atoms with van der Waals surface area (Å²) < 4.78 is 0. The highest BCUT2D eigenvalue weighted by Crippen LogP contribution is 2.33. The lowest BCUT2D eigenvalue weighted by atomic mass is 10.1. The largest absolute Gasteiger partial charge is 0.321 e. The first-order chi connectivity index (χ1) is 9.65. The van der Waals surface area contributed by atoms with Crippen LogP contribution < -0.4 is 0 Å². The van der Waals surface area contributed by atoms with E-state index in [0.29, 0.717) is 22.6 Å². The van der Waals surface area contributed by atoms with Gasteiger partial charge in [0.25, 0.3) is 0 Å². The molecule has 3 rings (SSSR count). The highest BCUT2D eigenvalue weighted by Gasteiger charge is 2.29. The minimum Gasteiger partial charge on any atom is -0.321 e. The molecule has 0 N–H and O–H groups in total. The molecule has 0 saturated heterocycles. The number of hydrogen-bond acceptors (Lipinski definition) is 5. The molecular weight excluding hydrogens is 272 g/mol. The van der Waals surface area contributed by atoms with Crippen molar-refractivity contribution in [2.45, 2.75) is 6.92 Å². The Morgan fingerprint density at radius 3 is 2.70 bits per heavy atom. The zero-order valence-electron chi connectivity index (χ0n) is 10.9. The van der Waals surface area contributed by atoms with Gasteiger partial charge in [0.05, 0.1) is 11.4 Å². The van der Waals surface area contributed by atoms with Gasteiger partial charge in [0, 0.05) is 23.5 Å². The van der Waals surface area contributed by atoms with Gasteiger partial charge in [-0.3, -0.25) is 9.59 Å². The number of carbonyl (C=O) groups is 2. The fourth-order valence-electron chi connectivity index (χ4n) is 1.99. The Bertz CT molecular complexity index is 674. The number of fused-ring (bicyclic) bond motifs is 1. The third-order valence-electron chi connectivity index (χ3n) is 3.10. The SMILES string of the molecule is CC(=O)C1=CN=C2SC(C(=O)c3ccccc3)=CN2C1. The van der Waals surface area contributed by atoms with Crippen LogP contribution in [-0.2, 0) is 4.79 Å². The Morgan fingerprint density at radius 1 is 1.25 bits per heavy atom. The third-order valence-corrected chi connectivity index (χ3v) is 4.14. The van der Waals surface area contributed by atoms with E-state index in [2.05, 4.69) is 4.99 Å². The van der Waals surface area contributed by atoms with Gasteiger partial charge in [-0.15, -0.1) is 0 Å². The molecule has 0 radical (unpaired) electrons. The predicted octanol–water partition coefficient (Wildman–Crippen LogP) is 2.60. The summed E-state index contributed by atoms with van der Waals surface area (Å²) in [6.45, 7) is 2.00. The van der Waals surface area contributed by atoms with E-state index in [4.69, 9.17) is 0 Å². The van der Waals surface area contributed by atoms with Crippen molar-refractivity contribution in [1.29, 1.82) is 0 Å². The molecule has 4 nitrogen and oxygen atoms in total. The van der Waals surface area contributed by atoms with Crippen molar-refractivity contribution in [2.75, 3.05) is 6.54 Å². The van der Waals surface area contributed by atoms with Crippen LogP contribution in [0, 0.1) is 0 Å². The lowest BCUT2D eigenvalue weighted by Gasteiger charge is -2.19. The second-order valence-corrected chi connectivity index (χ2v) is 5.55. The average Bonchev–Trinajstić information content (AvgIpc) is 2.90. The first-order valence-electron chi connectivity index (χ1n) is 6.19. The summed E-state index contributed by atoms with van der Waals surface area (Å²) >= 11 is 1.34. The first kappa shape index (κ1) is 12.9. The summed E-state index contributed by atoms with van der Waals surface area (Å²) in [7, 11) is 0. The van der Waals surface area contributed by atoms with Crippen LogP contribution in [0.3, 0.4) is 0 Å². The van der Waals surface area contributed by atoms with Crippen LogP contribution in [0.15, 0.2) is 58.2 Å². The van der Waals surface area contributed by atoms with Crippen LogP contribution in [-0.4, -0.2) is 28.2 Å². The van der Waals surface area contributed by atoms with Crippen LogP contribution in [0.4, 0.5) is 0 Å². The van der Waals surface area contributed by atoms with Crippen LogP contribution in [0.1, 0.15) is 17.3 Å². The average molecular weight is 284 g/mol. The Kier molecular flexibility index (Phi) is 3.28. The number of carbonyl (C=O) groups excluding carboxylic acids is 2. The number of nitrogens with zero attached hydrogens (tertiary/aromatic N) is 2. The number of ketones is 2. The fourth-order valence-corrected chi connectivity index (χ4v) is 2.92. The van der Waals surface area contributed by atoms with E-state index in [9.17, 15) is 9.59 Å². The molecule has 20 heavy (non-hydrogen) atoms. The van der Waals surface area contributed by atoms with Crippen molar-refractivity contribution >= 4 is 28.5 Å². The van der Waals surface area contributed by atoms with Crippen LogP contribution in [0.2, 0.25) is 0 Å². The minimum atomic E-state index is -0.0166. The van der Waals surface area contributed by atoms with Crippen LogP contribution >= 0.6 is 11.8 Å². The molecule has 0 saturated carbocycles. The van der Waals surface area contributed by atoms with E-state index >= 15 is 0 Å². The van der Waals surface area contributed by atoms with Crippen LogP contribution in [0.25, 0.3) is 0 Å². The lowest BCUT2D eigenvalue weighted by molar-refractivity contribution is -0.113. The summed E-state index contributed by atoms with van der Waals surface area (Å²) in [4.78, 5) is 30.4. The number of amidine groups is 1. The Morgan fingerprint density at radius 2 is 2.00 bits per heavy atom. The van der Waals surface area contributed by atoms with E-state index in [0.717, 1.165) is 5.17 Å². The summed E-state index contributed by atoms with van der Waals surface area (Å²) in [6, 6.07) is 9.15. The van der Waals surface area contributed by atoms with Crippen molar-refractivity contribution in [2.24, 2.45) is 4.99 Å². The van der Waals surface area contributed by atoms with Gasteiger partial charge in [-0.2, -0.15) is 0 Å². The standard InChI is InChI=1S/C15H12N2O2S/c1-10(18)12-7-16-15-17(8-12)9-13(20-15)14(19)11-5-3-2-4-6-11/h2-7,9H,8H2,1H3. The highest BCUT2D eigenvalue weighted by atomic mass is 32.2. The van der Waals surface area contributed by atoms with Crippen LogP contribution in [0.5, 0.6) is 0 Å². The van der Waals surface area contributed by atoms with Crippen molar-refractivity contribution < 1.29 is 9.59 Å². The zero-order valence-corrected chi connectivity index (χ0v) is 11.7. The van der Waals surface area contributed by atoms with Gasteiger partial charge in [-0.1, -0.05) is 30.3 Å². The second kappa shape index (κ2) is 5.09. The molecule has 0 fully saturated rings. The number of aliphatic imine (C=N–C) groups is 1. The van der Waals surface area contributed by atoms with Crippen molar-refractivity contribution in [3.8, 4) is 0 Å². The molecule has 2 aliphatic rings. The Balaban J connectivity index is 1.82. The molecule has 0 amide bonds. The first-order valence-corrected chi connectivity index (χ1v) is 7.00. The lowest BCUT2D eigenvalue weighted by Crippen LogP contribution is -2.26. The predicted molar refractivity (Wildman–Crippen MR) is 79.4 cm³/mol. The minimum absolute atomic E-state index is 0.00837. The maximum absolute atomic E-state index is 12.4. The summed E-state index contributed by atoms with van der Waals surface area (Å²) in [6.07, 6.45) is 3.36. The number of hydrogen-bond donors (Lipinski definition) is 0. The number of allylic oxidation sites excluding steroid dienone is 1. The number of benzene rings is 1. The summed E-state index contributed by atoms with van der Waals surface area (Å²) in [5, 5.41) is 0.745. The van der Waals surface area contributed by atoms with Gasteiger partial charge in [0.1, 0.15) is 0 Å². The fraction of sp³-hybridized carbons (Fsp3) is 0.133. The maximum atomic E-state index is 12.4. The van der Waals surface area contributed by atoms with E-state index < -0.39 is 0 Å². The van der Waals surface area contributed by atoms with Gasteiger partial charge in [-0.05, 0) is 18.7 Å². The van der Waals surface area contributed by atoms with Crippen molar-refractivity contribution in [1.82, 2.24) is 4.90 Å². The normalized spacial score (nSPS) is 17.1.